The normalized spacial score (nSPS) is 19.1. The average molecular weight is 193 g/mol. The molecule has 0 spiro atoms. The molecule has 0 bridgehead atoms. The van der Waals surface area contributed by atoms with Crippen LogP contribution in [-0.2, 0) is 7.05 Å². The van der Waals surface area contributed by atoms with Crippen molar-refractivity contribution in [3.8, 4) is 0 Å². The second-order valence-corrected chi connectivity index (χ2v) is 4.39. The molecule has 1 fully saturated rings. The van der Waals surface area contributed by atoms with Crippen LogP contribution in [0.1, 0.15) is 31.9 Å². The maximum absolute atomic E-state index is 4.23. The number of rotatable bonds is 3. The molecule has 78 valence electrons. The first-order chi connectivity index (χ1) is 6.68. The SMILES string of the molecule is Cc1c(NC(C)C2CCC2)cnn1C. The van der Waals surface area contributed by atoms with E-state index >= 15 is 0 Å². The van der Waals surface area contributed by atoms with E-state index in [4.69, 9.17) is 0 Å². The highest BCUT2D eigenvalue weighted by molar-refractivity contribution is 5.46. The molecule has 3 heteroatoms. The van der Waals surface area contributed by atoms with Crippen LogP contribution < -0.4 is 5.32 Å². The van der Waals surface area contributed by atoms with Gasteiger partial charge in [0.15, 0.2) is 0 Å². The molecule has 0 aromatic carbocycles. The number of aryl methyl sites for hydroxylation is 1. The second kappa shape index (κ2) is 3.64. The zero-order valence-electron chi connectivity index (χ0n) is 9.25. The highest BCUT2D eigenvalue weighted by Crippen LogP contribution is 2.31. The molecular weight excluding hydrogens is 174 g/mol. The van der Waals surface area contributed by atoms with Gasteiger partial charge in [0.05, 0.1) is 17.6 Å². The Balaban J connectivity index is 1.99. The summed E-state index contributed by atoms with van der Waals surface area (Å²) in [6.07, 6.45) is 6.09. The van der Waals surface area contributed by atoms with E-state index in [1.807, 2.05) is 17.9 Å². The molecule has 2 rings (SSSR count). The van der Waals surface area contributed by atoms with E-state index in [1.165, 1.54) is 30.6 Å². The molecule has 0 amide bonds. The van der Waals surface area contributed by atoms with Crippen molar-refractivity contribution in [2.24, 2.45) is 13.0 Å². The standard InChI is InChI=1S/C11H19N3/c1-8(10-5-4-6-10)13-11-7-12-14(3)9(11)2/h7-8,10,13H,4-6H2,1-3H3. The van der Waals surface area contributed by atoms with Crippen molar-refractivity contribution < 1.29 is 0 Å². The van der Waals surface area contributed by atoms with Crippen molar-refractivity contribution in [3.05, 3.63) is 11.9 Å². The van der Waals surface area contributed by atoms with E-state index in [0.29, 0.717) is 6.04 Å². The highest BCUT2D eigenvalue weighted by atomic mass is 15.3. The first-order valence-electron chi connectivity index (χ1n) is 5.43. The van der Waals surface area contributed by atoms with Crippen molar-refractivity contribution in [1.82, 2.24) is 9.78 Å². The zero-order chi connectivity index (χ0) is 10.1. The molecule has 1 aliphatic rings. The summed E-state index contributed by atoms with van der Waals surface area (Å²) in [5.74, 6) is 0.870. The topological polar surface area (TPSA) is 29.9 Å². The Kier molecular flexibility index (Phi) is 2.48. The van der Waals surface area contributed by atoms with Crippen LogP contribution in [0.25, 0.3) is 0 Å². The van der Waals surface area contributed by atoms with Crippen LogP contribution in [0.15, 0.2) is 6.20 Å². The molecule has 1 aliphatic carbocycles. The lowest BCUT2D eigenvalue weighted by atomic mass is 9.80. The van der Waals surface area contributed by atoms with Crippen LogP contribution in [0.4, 0.5) is 5.69 Å². The molecule has 1 N–H and O–H groups in total. The molecule has 1 heterocycles. The summed E-state index contributed by atoms with van der Waals surface area (Å²) in [6.45, 7) is 4.37. The Labute approximate surface area is 85.5 Å². The fourth-order valence-corrected chi connectivity index (χ4v) is 1.94. The number of aromatic nitrogens is 2. The maximum atomic E-state index is 4.23. The van der Waals surface area contributed by atoms with Gasteiger partial charge >= 0.3 is 0 Å². The molecule has 1 unspecified atom stereocenters. The van der Waals surface area contributed by atoms with Gasteiger partial charge < -0.3 is 5.32 Å². The number of anilines is 1. The van der Waals surface area contributed by atoms with Gasteiger partial charge in [0.25, 0.3) is 0 Å². The van der Waals surface area contributed by atoms with E-state index in [9.17, 15) is 0 Å². The minimum Gasteiger partial charge on any atom is -0.380 e. The summed E-state index contributed by atoms with van der Waals surface area (Å²) in [6, 6.07) is 0.589. The van der Waals surface area contributed by atoms with Gasteiger partial charge in [-0.15, -0.1) is 0 Å². The third-order valence-electron chi connectivity index (χ3n) is 3.48. The predicted octanol–water partition coefficient (Wildman–Crippen LogP) is 2.33. The van der Waals surface area contributed by atoms with E-state index in [0.717, 1.165) is 5.92 Å². The van der Waals surface area contributed by atoms with Crippen molar-refractivity contribution >= 4 is 5.69 Å². The third-order valence-corrected chi connectivity index (χ3v) is 3.48. The van der Waals surface area contributed by atoms with E-state index in [1.54, 1.807) is 0 Å². The quantitative estimate of drug-likeness (QED) is 0.798. The van der Waals surface area contributed by atoms with Crippen LogP contribution in [0.3, 0.4) is 0 Å². The fourth-order valence-electron chi connectivity index (χ4n) is 1.94. The summed E-state index contributed by atoms with van der Waals surface area (Å²) < 4.78 is 1.91. The molecule has 0 aliphatic heterocycles. The van der Waals surface area contributed by atoms with Gasteiger partial charge in [0.2, 0.25) is 0 Å². The Morgan fingerprint density at radius 3 is 2.71 bits per heavy atom. The molecule has 1 aromatic heterocycles. The largest absolute Gasteiger partial charge is 0.380 e. The maximum Gasteiger partial charge on any atom is 0.0758 e. The number of nitrogens with one attached hydrogen (secondary N) is 1. The van der Waals surface area contributed by atoms with Crippen LogP contribution in [0, 0.1) is 12.8 Å². The van der Waals surface area contributed by atoms with Gasteiger partial charge in [-0.1, -0.05) is 6.42 Å². The van der Waals surface area contributed by atoms with Crippen molar-refractivity contribution in [1.29, 1.82) is 0 Å². The lowest BCUT2D eigenvalue weighted by Gasteiger charge is -2.32. The molecule has 0 radical (unpaired) electrons. The average Bonchev–Trinajstić information content (AvgIpc) is 2.33. The third kappa shape index (κ3) is 1.63. The Morgan fingerprint density at radius 2 is 2.29 bits per heavy atom. The predicted molar refractivity (Wildman–Crippen MR) is 58.4 cm³/mol. The lowest BCUT2D eigenvalue weighted by molar-refractivity contribution is 0.285. The van der Waals surface area contributed by atoms with Crippen LogP contribution in [0.5, 0.6) is 0 Å². The van der Waals surface area contributed by atoms with Gasteiger partial charge in [-0.2, -0.15) is 5.10 Å². The Morgan fingerprint density at radius 1 is 1.57 bits per heavy atom. The Hall–Kier alpha value is -0.990. The molecule has 1 aromatic rings. The van der Waals surface area contributed by atoms with Gasteiger partial charge in [-0.25, -0.2) is 0 Å². The highest BCUT2D eigenvalue weighted by Gasteiger charge is 2.24. The van der Waals surface area contributed by atoms with Crippen molar-refractivity contribution in [3.63, 3.8) is 0 Å². The minimum absolute atomic E-state index is 0.589. The van der Waals surface area contributed by atoms with E-state index < -0.39 is 0 Å². The van der Waals surface area contributed by atoms with Crippen LogP contribution >= 0.6 is 0 Å². The first-order valence-corrected chi connectivity index (χ1v) is 5.43. The van der Waals surface area contributed by atoms with Gasteiger partial charge in [-0.3, -0.25) is 4.68 Å². The lowest BCUT2D eigenvalue weighted by Crippen LogP contribution is -2.30. The first kappa shape index (κ1) is 9.56. The van der Waals surface area contributed by atoms with Gasteiger partial charge in [0, 0.05) is 13.1 Å². The number of hydrogen-bond donors (Lipinski definition) is 1. The summed E-state index contributed by atoms with van der Waals surface area (Å²) >= 11 is 0. The van der Waals surface area contributed by atoms with E-state index in [-0.39, 0.29) is 0 Å². The molecule has 3 nitrogen and oxygen atoms in total. The number of nitrogens with zero attached hydrogens (tertiary/aromatic N) is 2. The summed E-state index contributed by atoms with van der Waals surface area (Å²) in [4.78, 5) is 0. The van der Waals surface area contributed by atoms with Crippen molar-refractivity contribution in [2.75, 3.05) is 5.32 Å². The monoisotopic (exact) mass is 193 g/mol. The fraction of sp³-hybridized carbons (Fsp3) is 0.727. The molecule has 14 heavy (non-hydrogen) atoms. The molecule has 1 atom stereocenters. The minimum atomic E-state index is 0.589. The molecule has 1 saturated carbocycles. The van der Waals surface area contributed by atoms with E-state index in [2.05, 4.69) is 24.3 Å². The van der Waals surface area contributed by atoms with Gasteiger partial charge in [-0.05, 0) is 32.6 Å². The second-order valence-electron chi connectivity index (χ2n) is 4.39. The van der Waals surface area contributed by atoms with Gasteiger partial charge in [0.1, 0.15) is 0 Å². The van der Waals surface area contributed by atoms with Crippen LogP contribution in [0.2, 0.25) is 0 Å². The van der Waals surface area contributed by atoms with Crippen molar-refractivity contribution in [2.45, 2.75) is 39.2 Å². The molecular formula is C11H19N3. The summed E-state index contributed by atoms with van der Waals surface area (Å²) in [5, 5.41) is 7.78. The smallest absolute Gasteiger partial charge is 0.0758 e. The van der Waals surface area contributed by atoms with Crippen LogP contribution in [-0.4, -0.2) is 15.8 Å². The Bertz CT molecular complexity index is 312. The summed E-state index contributed by atoms with van der Waals surface area (Å²) in [7, 11) is 1.98. The zero-order valence-corrected chi connectivity index (χ0v) is 9.25. The number of hydrogen-bond acceptors (Lipinski definition) is 2. The summed E-state index contributed by atoms with van der Waals surface area (Å²) in [5.41, 5.74) is 2.41. The molecule has 0 saturated heterocycles.